The van der Waals surface area contributed by atoms with Gasteiger partial charge in [0.15, 0.2) is 5.96 Å². The van der Waals surface area contributed by atoms with Crippen LogP contribution in [0.3, 0.4) is 0 Å². The Morgan fingerprint density at radius 2 is 1.73 bits per heavy atom. The molecule has 3 rings (SSSR count). The third kappa shape index (κ3) is 5.95. The summed E-state index contributed by atoms with van der Waals surface area (Å²) in [5, 5.41) is 3.54. The predicted molar refractivity (Wildman–Crippen MR) is 123 cm³/mol. The lowest BCUT2D eigenvalue weighted by molar-refractivity contribution is 0.126. The number of rotatable bonds is 6. The molecule has 1 atom stereocenters. The van der Waals surface area contributed by atoms with Crippen LogP contribution in [-0.4, -0.2) is 87.6 Å². The zero-order valence-corrected chi connectivity index (χ0v) is 19.4. The van der Waals surface area contributed by atoms with Gasteiger partial charge in [0.25, 0.3) is 0 Å². The minimum absolute atomic E-state index is 0.475. The Bertz CT molecular complexity index is 783. The van der Waals surface area contributed by atoms with E-state index in [1.165, 1.54) is 11.8 Å². The highest BCUT2D eigenvalue weighted by Crippen LogP contribution is 2.25. The van der Waals surface area contributed by atoms with Crippen molar-refractivity contribution in [1.82, 2.24) is 19.4 Å². The van der Waals surface area contributed by atoms with Gasteiger partial charge < -0.3 is 10.2 Å². The molecule has 1 unspecified atom stereocenters. The molecule has 1 aromatic rings. The normalized spacial score (nSPS) is 21.6. The van der Waals surface area contributed by atoms with E-state index >= 15 is 0 Å². The average molecular weight is 436 g/mol. The molecule has 8 heteroatoms. The summed E-state index contributed by atoms with van der Waals surface area (Å²) in [6, 6.07) is 11.3. The Morgan fingerprint density at radius 1 is 1.10 bits per heavy atom. The van der Waals surface area contributed by atoms with E-state index in [1.54, 1.807) is 4.31 Å². The first-order valence-electron chi connectivity index (χ1n) is 11.1. The molecule has 0 saturated carbocycles. The molecule has 0 spiro atoms. The highest BCUT2D eigenvalue weighted by atomic mass is 32.2. The van der Waals surface area contributed by atoms with Crippen LogP contribution in [0, 0.1) is 5.92 Å². The van der Waals surface area contributed by atoms with Crippen LogP contribution in [0.1, 0.15) is 37.8 Å². The lowest BCUT2D eigenvalue weighted by atomic mass is 9.98. The zero-order valence-electron chi connectivity index (χ0n) is 18.6. The first-order chi connectivity index (χ1) is 14.4. The van der Waals surface area contributed by atoms with Crippen LogP contribution in [0.2, 0.25) is 0 Å². The number of nitrogens with zero attached hydrogens (tertiary/aromatic N) is 4. The van der Waals surface area contributed by atoms with E-state index in [9.17, 15) is 8.42 Å². The highest BCUT2D eigenvalue weighted by molar-refractivity contribution is 7.88. The van der Waals surface area contributed by atoms with Crippen molar-refractivity contribution < 1.29 is 8.42 Å². The van der Waals surface area contributed by atoms with Gasteiger partial charge >= 0.3 is 0 Å². The van der Waals surface area contributed by atoms with E-state index in [2.05, 4.69) is 57.4 Å². The van der Waals surface area contributed by atoms with Gasteiger partial charge in [-0.25, -0.2) is 12.7 Å². The maximum atomic E-state index is 11.7. The van der Waals surface area contributed by atoms with Crippen LogP contribution in [0.15, 0.2) is 35.3 Å². The molecule has 0 radical (unpaired) electrons. The second kappa shape index (κ2) is 10.6. The number of aliphatic imine (C=N–C) groups is 1. The van der Waals surface area contributed by atoms with E-state index < -0.39 is 10.0 Å². The molecule has 1 N–H and O–H groups in total. The SMILES string of the molecule is CCC(c1ccccc1)N1CCN(C(=NC)NCC2CCN(S(C)(=O)=O)CC2)CC1. The number of guanidine groups is 1. The number of piperidine rings is 1. The van der Waals surface area contributed by atoms with Gasteiger partial charge in [0.2, 0.25) is 10.0 Å². The molecule has 1 aromatic carbocycles. The minimum Gasteiger partial charge on any atom is -0.356 e. The lowest BCUT2D eigenvalue weighted by Crippen LogP contribution is -2.53. The molecular formula is C22H37N5O2S. The molecule has 7 nitrogen and oxygen atoms in total. The quantitative estimate of drug-likeness (QED) is 0.547. The van der Waals surface area contributed by atoms with E-state index in [-0.39, 0.29) is 0 Å². The summed E-state index contributed by atoms with van der Waals surface area (Å²) in [5.74, 6) is 1.46. The Hall–Kier alpha value is -1.64. The molecule has 2 aliphatic rings. The Balaban J connectivity index is 1.46. The summed E-state index contributed by atoms with van der Waals surface area (Å²) in [6.45, 7) is 8.36. The lowest BCUT2D eigenvalue weighted by Gasteiger charge is -2.40. The van der Waals surface area contributed by atoms with Gasteiger partial charge in [-0.2, -0.15) is 0 Å². The minimum atomic E-state index is -3.06. The third-order valence-electron chi connectivity index (χ3n) is 6.43. The average Bonchev–Trinajstić information content (AvgIpc) is 2.76. The maximum Gasteiger partial charge on any atom is 0.211 e. The van der Waals surface area contributed by atoms with Gasteiger partial charge in [0.1, 0.15) is 0 Å². The maximum absolute atomic E-state index is 11.7. The molecule has 168 valence electrons. The number of nitrogens with one attached hydrogen (secondary N) is 1. The molecule has 2 fully saturated rings. The second-order valence-electron chi connectivity index (χ2n) is 8.39. The van der Waals surface area contributed by atoms with Crippen molar-refractivity contribution in [2.45, 2.75) is 32.2 Å². The van der Waals surface area contributed by atoms with Crippen molar-refractivity contribution in [3.8, 4) is 0 Å². The number of hydrogen-bond acceptors (Lipinski definition) is 4. The summed E-state index contributed by atoms with van der Waals surface area (Å²) in [7, 11) is -1.21. The summed E-state index contributed by atoms with van der Waals surface area (Å²) in [6.07, 6.45) is 4.22. The van der Waals surface area contributed by atoms with Gasteiger partial charge in [-0.3, -0.25) is 9.89 Å². The Kier molecular flexibility index (Phi) is 8.13. The summed E-state index contributed by atoms with van der Waals surface area (Å²) in [4.78, 5) is 9.44. The molecule has 2 heterocycles. The van der Waals surface area contributed by atoms with E-state index in [1.807, 2.05) is 7.05 Å². The topological polar surface area (TPSA) is 68.2 Å². The smallest absolute Gasteiger partial charge is 0.211 e. The summed E-state index contributed by atoms with van der Waals surface area (Å²) < 4.78 is 24.9. The number of benzene rings is 1. The summed E-state index contributed by atoms with van der Waals surface area (Å²) >= 11 is 0. The van der Waals surface area contributed by atoms with Crippen molar-refractivity contribution >= 4 is 16.0 Å². The Labute approximate surface area is 182 Å². The monoisotopic (exact) mass is 435 g/mol. The van der Waals surface area contributed by atoms with Crippen LogP contribution >= 0.6 is 0 Å². The number of piperazine rings is 1. The van der Waals surface area contributed by atoms with Gasteiger partial charge in [-0.05, 0) is 30.7 Å². The van der Waals surface area contributed by atoms with E-state index in [0.717, 1.165) is 57.9 Å². The van der Waals surface area contributed by atoms with Crippen molar-refractivity contribution in [2.75, 3.05) is 59.1 Å². The van der Waals surface area contributed by atoms with Gasteiger partial charge in [-0.15, -0.1) is 0 Å². The van der Waals surface area contributed by atoms with Crippen LogP contribution in [0.4, 0.5) is 0 Å². The number of hydrogen-bond donors (Lipinski definition) is 1. The zero-order chi connectivity index (χ0) is 21.6. The van der Waals surface area contributed by atoms with Crippen LogP contribution in [-0.2, 0) is 10.0 Å². The summed E-state index contributed by atoms with van der Waals surface area (Å²) in [5.41, 5.74) is 1.40. The van der Waals surface area contributed by atoms with Crippen LogP contribution in [0.25, 0.3) is 0 Å². The second-order valence-corrected chi connectivity index (χ2v) is 10.4. The van der Waals surface area contributed by atoms with Crippen molar-refractivity contribution in [3.63, 3.8) is 0 Å². The molecule has 2 aliphatic heterocycles. The fourth-order valence-electron chi connectivity index (χ4n) is 4.64. The fraction of sp³-hybridized carbons (Fsp3) is 0.682. The first-order valence-corrected chi connectivity index (χ1v) is 13.0. The molecule has 0 amide bonds. The molecule has 2 saturated heterocycles. The fourth-order valence-corrected chi connectivity index (χ4v) is 5.51. The van der Waals surface area contributed by atoms with Crippen molar-refractivity contribution in [1.29, 1.82) is 0 Å². The van der Waals surface area contributed by atoms with E-state index in [0.29, 0.717) is 25.0 Å². The molecule has 0 aliphatic carbocycles. The third-order valence-corrected chi connectivity index (χ3v) is 7.73. The van der Waals surface area contributed by atoms with Gasteiger partial charge in [0.05, 0.1) is 6.26 Å². The number of sulfonamides is 1. The molecular weight excluding hydrogens is 398 g/mol. The van der Waals surface area contributed by atoms with Gasteiger partial charge in [-0.1, -0.05) is 37.3 Å². The van der Waals surface area contributed by atoms with Crippen LogP contribution in [0.5, 0.6) is 0 Å². The molecule has 30 heavy (non-hydrogen) atoms. The van der Waals surface area contributed by atoms with E-state index in [4.69, 9.17) is 0 Å². The predicted octanol–water partition coefficient (Wildman–Crippen LogP) is 2.00. The van der Waals surface area contributed by atoms with Crippen molar-refractivity contribution in [2.24, 2.45) is 10.9 Å². The molecule has 0 bridgehead atoms. The highest BCUT2D eigenvalue weighted by Gasteiger charge is 2.27. The standard InChI is InChI=1S/C22H37N5O2S/c1-4-21(20-8-6-5-7-9-20)25-14-16-26(17-15-25)22(23-2)24-18-19-10-12-27(13-11-19)30(3,28)29/h5-9,19,21H,4,10-18H2,1-3H3,(H,23,24). The van der Waals surface area contributed by atoms with Crippen molar-refractivity contribution in [3.05, 3.63) is 35.9 Å². The first kappa shape index (κ1) is 23.0. The largest absolute Gasteiger partial charge is 0.356 e. The molecule has 0 aromatic heterocycles. The van der Waals surface area contributed by atoms with Gasteiger partial charge in [0, 0.05) is 58.9 Å². The van der Waals surface area contributed by atoms with Crippen LogP contribution < -0.4 is 5.32 Å². The Morgan fingerprint density at radius 3 is 2.27 bits per heavy atom.